The third-order valence-corrected chi connectivity index (χ3v) is 2.07. The average Bonchev–Trinajstić information content (AvgIpc) is 2.20. The fourth-order valence-corrected chi connectivity index (χ4v) is 1.25. The molecular weight excluding hydrogens is 178 g/mol. The van der Waals surface area contributed by atoms with Gasteiger partial charge in [-0.3, -0.25) is 0 Å². The summed E-state index contributed by atoms with van der Waals surface area (Å²) in [7, 11) is 0. The molecule has 3 nitrogen and oxygen atoms in total. The van der Waals surface area contributed by atoms with E-state index in [-0.39, 0.29) is 6.61 Å². The first-order valence-electron chi connectivity index (χ1n) is 4.93. The smallest absolute Gasteiger partial charge is 0.120 e. The Morgan fingerprint density at radius 2 is 1.93 bits per heavy atom. The van der Waals surface area contributed by atoms with Crippen LogP contribution in [0.4, 0.5) is 0 Å². The van der Waals surface area contributed by atoms with E-state index in [0.717, 1.165) is 24.9 Å². The second-order valence-electron chi connectivity index (χ2n) is 3.24. The van der Waals surface area contributed by atoms with Gasteiger partial charge in [-0.1, -0.05) is 18.2 Å². The topological polar surface area (TPSA) is 52.5 Å². The van der Waals surface area contributed by atoms with Gasteiger partial charge in [-0.05, 0) is 25.5 Å². The summed E-state index contributed by atoms with van der Waals surface area (Å²) in [6, 6.07) is 7.30. The van der Waals surface area contributed by atoms with Crippen LogP contribution in [-0.2, 0) is 6.54 Å². The number of unbranched alkanes of at least 4 members (excludes halogenated alkanes) is 1. The molecule has 0 radical (unpaired) electrons. The Morgan fingerprint density at radius 3 is 2.64 bits per heavy atom. The molecule has 0 aliphatic rings. The Balaban J connectivity index is 2.21. The van der Waals surface area contributed by atoms with Crippen LogP contribution in [0.5, 0.6) is 5.75 Å². The average molecular weight is 195 g/mol. The third-order valence-electron chi connectivity index (χ3n) is 2.07. The molecule has 0 heterocycles. The standard InChI is InChI=1S/C11H17NO2/c13-8-4-3-7-12-9-10-5-1-2-6-11(10)14/h1-2,5-6,12-14H,3-4,7-9H2. The lowest BCUT2D eigenvalue weighted by atomic mass is 10.2. The molecule has 0 aromatic heterocycles. The van der Waals surface area contributed by atoms with Crippen molar-refractivity contribution in [3.8, 4) is 5.75 Å². The van der Waals surface area contributed by atoms with E-state index in [1.807, 2.05) is 18.2 Å². The molecule has 0 amide bonds. The SMILES string of the molecule is OCCCCNCc1ccccc1O. The quantitative estimate of drug-likeness (QED) is 0.599. The van der Waals surface area contributed by atoms with Gasteiger partial charge in [0.1, 0.15) is 5.75 Å². The number of rotatable bonds is 6. The molecule has 0 saturated heterocycles. The molecule has 14 heavy (non-hydrogen) atoms. The number of aliphatic hydroxyl groups excluding tert-OH is 1. The number of aliphatic hydroxyl groups is 1. The minimum atomic E-state index is 0.248. The number of hydrogen-bond acceptors (Lipinski definition) is 3. The van der Waals surface area contributed by atoms with Crippen molar-refractivity contribution in [2.75, 3.05) is 13.2 Å². The molecule has 0 bridgehead atoms. The van der Waals surface area contributed by atoms with Crippen LogP contribution in [0, 0.1) is 0 Å². The van der Waals surface area contributed by atoms with Crippen molar-refractivity contribution in [2.24, 2.45) is 0 Å². The van der Waals surface area contributed by atoms with Gasteiger partial charge in [-0.2, -0.15) is 0 Å². The van der Waals surface area contributed by atoms with Crippen molar-refractivity contribution in [2.45, 2.75) is 19.4 Å². The zero-order valence-electron chi connectivity index (χ0n) is 8.24. The summed E-state index contributed by atoms with van der Waals surface area (Å²) in [6.45, 7) is 1.80. The van der Waals surface area contributed by atoms with Crippen molar-refractivity contribution in [1.82, 2.24) is 5.32 Å². The number of para-hydroxylation sites is 1. The molecule has 1 aromatic rings. The van der Waals surface area contributed by atoms with Crippen LogP contribution < -0.4 is 5.32 Å². The van der Waals surface area contributed by atoms with E-state index in [0.29, 0.717) is 12.3 Å². The first-order chi connectivity index (χ1) is 6.84. The normalized spacial score (nSPS) is 10.4. The molecule has 0 aliphatic carbocycles. The van der Waals surface area contributed by atoms with E-state index in [1.54, 1.807) is 6.07 Å². The summed E-state index contributed by atoms with van der Waals surface area (Å²) in [6.07, 6.45) is 1.79. The number of benzene rings is 1. The summed E-state index contributed by atoms with van der Waals surface area (Å²) < 4.78 is 0. The van der Waals surface area contributed by atoms with E-state index < -0.39 is 0 Å². The van der Waals surface area contributed by atoms with Crippen molar-refractivity contribution in [3.05, 3.63) is 29.8 Å². The number of nitrogens with one attached hydrogen (secondary N) is 1. The van der Waals surface area contributed by atoms with Crippen LogP contribution in [0.25, 0.3) is 0 Å². The van der Waals surface area contributed by atoms with Crippen LogP contribution in [0.1, 0.15) is 18.4 Å². The van der Waals surface area contributed by atoms with Gasteiger partial charge in [0.15, 0.2) is 0 Å². The van der Waals surface area contributed by atoms with Gasteiger partial charge in [-0.25, -0.2) is 0 Å². The molecule has 1 rings (SSSR count). The highest BCUT2D eigenvalue weighted by molar-refractivity contribution is 5.31. The first-order valence-corrected chi connectivity index (χ1v) is 4.93. The van der Waals surface area contributed by atoms with E-state index in [4.69, 9.17) is 5.11 Å². The Labute approximate surface area is 84.4 Å². The highest BCUT2D eigenvalue weighted by atomic mass is 16.3. The van der Waals surface area contributed by atoms with Crippen LogP contribution in [0.15, 0.2) is 24.3 Å². The molecule has 3 heteroatoms. The molecule has 0 saturated carbocycles. The molecule has 0 atom stereocenters. The summed E-state index contributed by atoms with van der Waals surface area (Å²) >= 11 is 0. The van der Waals surface area contributed by atoms with E-state index in [1.165, 1.54) is 0 Å². The zero-order chi connectivity index (χ0) is 10.2. The van der Waals surface area contributed by atoms with Crippen molar-refractivity contribution < 1.29 is 10.2 Å². The van der Waals surface area contributed by atoms with Gasteiger partial charge >= 0.3 is 0 Å². The lowest BCUT2D eigenvalue weighted by Crippen LogP contribution is -2.14. The van der Waals surface area contributed by atoms with Gasteiger partial charge in [0.05, 0.1) is 0 Å². The predicted octanol–water partition coefficient (Wildman–Crippen LogP) is 1.25. The monoisotopic (exact) mass is 195 g/mol. The van der Waals surface area contributed by atoms with Crippen LogP contribution in [0.3, 0.4) is 0 Å². The Bertz CT molecular complexity index is 263. The van der Waals surface area contributed by atoms with Gasteiger partial charge in [0, 0.05) is 18.7 Å². The number of phenols is 1. The van der Waals surface area contributed by atoms with Crippen molar-refractivity contribution in [3.63, 3.8) is 0 Å². The van der Waals surface area contributed by atoms with Crippen molar-refractivity contribution in [1.29, 1.82) is 0 Å². The van der Waals surface area contributed by atoms with Gasteiger partial charge in [0.2, 0.25) is 0 Å². The fraction of sp³-hybridized carbons (Fsp3) is 0.455. The summed E-state index contributed by atoms with van der Waals surface area (Å²) in [4.78, 5) is 0. The molecule has 0 spiro atoms. The Hall–Kier alpha value is -1.06. The van der Waals surface area contributed by atoms with Crippen molar-refractivity contribution >= 4 is 0 Å². The summed E-state index contributed by atoms with van der Waals surface area (Å²) in [5, 5.41) is 21.2. The summed E-state index contributed by atoms with van der Waals surface area (Å²) in [5.41, 5.74) is 0.913. The molecular formula is C11H17NO2. The highest BCUT2D eigenvalue weighted by Gasteiger charge is 1.97. The molecule has 1 aromatic carbocycles. The van der Waals surface area contributed by atoms with E-state index in [9.17, 15) is 5.11 Å². The maximum atomic E-state index is 9.43. The van der Waals surface area contributed by atoms with Crippen LogP contribution >= 0.6 is 0 Å². The number of aromatic hydroxyl groups is 1. The molecule has 3 N–H and O–H groups in total. The lowest BCUT2D eigenvalue weighted by molar-refractivity contribution is 0.283. The number of hydrogen-bond donors (Lipinski definition) is 3. The van der Waals surface area contributed by atoms with E-state index >= 15 is 0 Å². The highest BCUT2D eigenvalue weighted by Crippen LogP contribution is 2.14. The predicted molar refractivity (Wildman–Crippen MR) is 56.1 cm³/mol. The molecule has 0 aliphatic heterocycles. The lowest BCUT2D eigenvalue weighted by Gasteiger charge is -2.05. The second-order valence-corrected chi connectivity index (χ2v) is 3.24. The molecule has 78 valence electrons. The van der Waals surface area contributed by atoms with Crippen LogP contribution in [0.2, 0.25) is 0 Å². The third kappa shape index (κ3) is 3.77. The number of phenolic OH excluding ortho intramolecular Hbond substituents is 1. The van der Waals surface area contributed by atoms with Gasteiger partial charge in [0.25, 0.3) is 0 Å². The summed E-state index contributed by atoms with van der Waals surface area (Å²) in [5.74, 6) is 0.335. The molecule has 0 unspecified atom stereocenters. The minimum absolute atomic E-state index is 0.248. The molecule has 0 fully saturated rings. The Kier molecular flexibility index (Phi) is 5.04. The van der Waals surface area contributed by atoms with Crippen LogP contribution in [-0.4, -0.2) is 23.4 Å². The largest absolute Gasteiger partial charge is 0.508 e. The van der Waals surface area contributed by atoms with E-state index in [2.05, 4.69) is 5.32 Å². The van der Waals surface area contributed by atoms with Gasteiger partial charge < -0.3 is 15.5 Å². The van der Waals surface area contributed by atoms with Gasteiger partial charge in [-0.15, -0.1) is 0 Å². The maximum Gasteiger partial charge on any atom is 0.120 e. The first kappa shape index (κ1) is 11.0. The maximum absolute atomic E-state index is 9.43. The minimum Gasteiger partial charge on any atom is -0.508 e. The second kappa shape index (κ2) is 6.40. The zero-order valence-corrected chi connectivity index (χ0v) is 8.24. The fourth-order valence-electron chi connectivity index (χ4n) is 1.25. The Morgan fingerprint density at radius 1 is 1.14 bits per heavy atom.